The summed E-state index contributed by atoms with van der Waals surface area (Å²) >= 11 is 0. The molecular weight excluding hydrogens is 692 g/mol. The lowest BCUT2D eigenvalue weighted by molar-refractivity contribution is -0.137. The van der Waals surface area contributed by atoms with Crippen LogP contribution in [0.2, 0.25) is 0 Å². The van der Waals surface area contributed by atoms with Crippen LogP contribution < -0.4 is 0 Å². The van der Waals surface area contributed by atoms with Crippen LogP contribution >= 0.6 is 0 Å². The number of hydrogen-bond donors (Lipinski definition) is 0. The fourth-order valence-electron chi connectivity index (χ4n) is 7.61. The van der Waals surface area contributed by atoms with Crippen molar-refractivity contribution in [1.82, 2.24) is 24.1 Å². The quantitative estimate of drug-likeness (QED) is 0.178. The van der Waals surface area contributed by atoms with Gasteiger partial charge in [0.05, 0.1) is 27.6 Å². The summed E-state index contributed by atoms with van der Waals surface area (Å²) in [6.07, 6.45) is -4.46. The molecule has 0 aliphatic heterocycles. The Bertz CT molecular complexity index is 3070. The molecule has 10 aromatic rings. The summed E-state index contributed by atoms with van der Waals surface area (Å²) in [5.41, 5.74) is 8.80. The van der Waals surface area contributed by atoms with Gasteiger partial charge < -0.3 is 4.57 Å². The van der Waals surface area contributed by atoms with Crippen LogP contribution in [-0.2, 0) is 6.18 Å². The summed E-state index contributed by atoms with van der Waals surface area (Å²) in [7, 11) is 0. The van der Waals surface area contributed by atoms with Crippen molar-refractivity contribution in [3.8, 4) is 45.5 Å². The summed E-state index contributed by atoms with van der Waals surface area (Å²) in [5.74, 6) is 1.06. The van der Waals surface area contributed by atoms with Crippen molar-refractivity contribution in [2.24, 2.45) is 0 Å². The zero-order chi connectivity index (χ0) is 37.3. The van der Waals surface area contributed by atoms with Crippen molar-refractivity contribution >= 4 is 43.6 Å². The van der Waals surface area contributed by atoms with Gasteiger partial charge in [0.25, 0.3) is 0 Å². The SMILES string of the molecule is Cc1ccc(-c2nc(-c3ccc(C(F)(F)F)cc3)nc(-n3c4ccccc4c4ccc(-c5ccc6c(c5)c5ccccc5n6-c5ccccc5)cc43)n2)cc1. The van der Waals surface area contributed by atoms with E-state index in [1.165, 1.54) is 17.5 Å². The normalized spacial score (nSPS) is 12.0. The fraction of sp³-hybridized carbons (Fsp3) is 0.0426. The summed E-state index contributed by atoms with van der Waals surface area (Å²) in [5, 5.41) is 4.37. The Morgan fingerprint density at radius 3 is 1.60 bits per heavy atom. The molecule has 3 heterocycles. The monoisotopic (exact) mass is 721 g/mol. The maximum Gasteiger partial charge on any atom is 0.416 e. The lowest BCUT2D eigenvalue weighted by Crippen LogP contribution is -2.07. The van der Waals surface area contributed by atoms with Crippen LogP contribution in [0, 0.1) is 6.92 Å². The number of fused-ring (bicyclic) bond motifs is 6. The summed E-state index contributed by atoms with van der Waals surface area (Å²) in [6, 6.07) is 52.8. The van der Waals surface area contributed by atoms with E-state index in [0.717, 1.165) is 78.3 Å². The zero-order valence-corrected chi connectivity index (χ0v) is 29.5. The van der Waals surface area contributed by atoms with E-state index in [4.69, 9.17) is 15.0 Å². The Hall–Kier alpha value is -7.06. The zero-order valence-electron chi connectivity index (χ0n) is 29.5. The molecule has 55 heavy (non-hydrogen) atoms. The molecule has 0 saturated carbocycles. The third-order valence-electron chi connectivity index (χ3n) is 10.3. The van der Waals surface area contributed by atoms with E-state index in [1.54, 1.807) is 0 Å². The molecule has 0 amide bonds. The number of nitrogens with zero attached hydrogens (tertiary/aromatic N) is 5. The second kappa shape index (κ2) is 12.5. The average Bonchev–Trinajstić information content (AvgIpc) is 3.73. The van der Waals surface area contributed by atoms with Gasteiger partial charge in [-0.2, -0.15) is 23.1 Å². The van der Waals surface area contributed by atoms with Gasteiger partial charge in [-0.3, -0.25) is 4.57 Å². The molecule has 8 heteroatoms. The summed E-state index contributed by atoms with van der Waals surface area (Å²) < 4.78 is 44.9. The number of para-hydroxylation sites is 3. The summed E-state index contributed by atoms with van der Waals surface area (Å²) in [6.45, 7) is 2.00. The highest BCUT2D eigenvalue weighted by molar-refractivity contribution is 6.12. The van der Waals surface area contributed by atoms with Gasteiger partial charge in [-0.1, -0.05) is 115 Å². The van der Waals surface area contributed by atoms with Crippen LogP contribution in [0.3, 0.4) is 0 Å². The predicted octanol–water partition coefficient (Wildman–Crippen LogP) is 12.4. The van der Waals surface area contributed by atoms with Crippen molar-refractivity contribution in [1.29, 1.82) is 0 Å². The first-order valence-electron chi connectivity index (χ1n) is 17.9. The Labute approximate surface area is 313 Å². The standard InChI is InChI=1S/C47H30F3N5/c1-29-15-17-30(18-16-29)44-51-45(31-19-23-34(24-20-31)47(48,49)50)53-46(52-44)55-41-14-8-5-11-36(41)38-25-21-33(28-43(38)55)32-22-26-42-39(27-32)37-12-6-7-13-40(37)54(42)35-9-3-2-4-10-35/h2-28H,1H3. The molecule has 0 bridgehead atoms. The molecule has 0 atom stereocenters. The molecule has 264 valence electrons. The maximum atomic E-state index is 13.5. The molecule has 0 radical (unpaired) electrons. The summed E-state index contributed by atoms with van der Waals surface area (Å²) in [4.78, 5) is 14.8. The topological polar surface area (TPSA) is 48.5 Å². The van der Waals surface area contributed by atoms with Crippen molar-refractivity contribution in [2.75, 3.05) is 0 Å². The van der Waals surface area contributed by atoms with Gasteiger partial charge in [0.1, 0.15) is 0 Å². The minimum absolute atomic E-state index is 0.275. The highest BCUT2D eigenvalue weighted by atomic mass is 19.4. The van der Waals surface area contributed by atoms with Crippen LogP contribution in [0.15, 0.2) is 164 Å². The molecule has 10 rings (SSSR count). The van der Waals surface area contributed by atoms with E-state index < -0.39 is 11.7 Å². The highest BCUT2D eigenvalue weighted by Gasteiger charge is 2.30. The van der Waals surface area contributed by atoms with Crippen molar-refractivity contribution in [3.63, 3.8) is 0 Å². The van der Waals surface area contributed by atoms with Gasteiger partial charge in [-0.05, 0) is 72.6 Å². The molecule has 0 aliphatic rings. The maximum absolute atomic E-state index is 13.5. The number of halogens is 3. The van der Waals surface area contributed by atoms with E-state index >= 15 is 0 Å². The lowest BCUT2D eigenvalue weighted by atomic mass is 10.0. The second-order valence-electron chi connectivity index (χ2n) is 13.7. The molecule has 0 N–H and O–H groups in total. The van der Waals surface area contributed by atoms with E-state index in [-0.39, 0.29) is 5.82 Å². The molecular formula is C47H30F3N5. The minimum Gasteiger partial charge on any atom is -0.309 e. The second-order valence-corrected chi connectivity index (χ2v) is 13.7. The molecule has 0 unspecified atom stereocenters. The van der Waals surface area contributed by atoms with Crippen molar-refractivity contribution in [2.45, 2.75) is 13.1 Å². The molecule has 3 aromatic heterocycles. The van der Waals surface area contributed by atoms with Crippen LogP contribution in [0.5, 0.6) is 0 Å². The first kappa shape index (κ1) is 32.6. The number of benzene rings is 7. The first-order valence-corrected chi connectivity index (χ1v) is 17.9. The van der Waals surface area contributed by atoms with Gasteiger partial charge in [0, 0.05) is 38.4 Å². The van der Waals surface area contributed by atoms with Gasteiger partial charge in [0.2, 0.25) is 5.95 Å². The fourth-order valence-corrected chi connectivity index (χ4v) is 7.61. The Kier molecular flexibility index (Phi) is 7.42. The largest absolute Gasteiger partial charge is 0.416 e. The van der Waals surface area contributed by atoms with Gasteiger partial charge in [-0.25, -0.2) is 4.98 Å². The van der Waals surface area contributed by atoms with E-state index in [1.807, 2.05) is 60.0 Å². The van der Waals surface area contributed by atoms with E-state index in [0.29, 0.717) is 17.3 Å². The molecule has 0 spiro atoms. The molecule has 0 fully saturated rings. The van der Waals surface area contributed by atoms with Crippen molar-refractivity contribution < 1.29 is 13.2 Å². The Morgan fingerprint density at radius 2 is 0.927 bits per heavy atom. The first-order chi connectivity index (χ1) is 26.8. The predicted molar refractivity (Wildman–Crippen MR) is 215 cm³/mol. The third kappa shape index (κ3) is 5.53. The molecule has 5 nitrogen and oxygen atoms in total. The molecule has 7 aromatic carbocycles. The number of hydrogen-bond acceptors (Lipinski definition) is 3. The number of rotatable bonds is 5. The van der Waals surface area contributed by atoms with E-state index in [9.17, 15) is 13.2 Å². The number of aromatic nitrogens is 5. The van der Waals surface area contributed by atoms with E-state index in [2.05, 4.69) is 95.6 Å². The molecule has 0 aliphatic carbocycles. The van der Waals surface area contributed by atoms with Crippen LogP contribution in [-0.4, -0.2) is 24.1 Å². The van der Waals surface area contributed by atoms with Crippen LogP contribution in [0.1, 0.15) is 11.1 Å². The highest BCUT2D eigenvalue weighted by Crippen LogP contribution is 2.38. The average molecular weight is 722 g/mol. The Balaban J connectivity index is 1.18. The third-order valence-corrected chi connectivity index (χ3v) is 10.3. The van der Waals surface area contributed by atoms with Crippen LogP contribution in [0.4, 0.5) is 13.2 Å². The number of aryl methyl sites for hydroxylation is 1. The van der Waals surface area contributed by atoms with Crippen LogP contribution in [0.25, 0.3) is 89.2 Å². The minimum atomic E-state index is -4.46. The van der Waals surface area contributed by atoms with Gasteiger partial charge >= 0.3 is 6.18 Å². The Morgan fingerprint density at radius 1 is 0.418 bits per heavy atom. The van der Waals surface area contributed by atoms with Gasteiger partial charge in [0.15, 0.2) is 11.6 Å². The lowest BCUT2D eigenvalue weighted by Gasteiger charge is -2.12. The van der Waals surface area contributed by atoms with Crippen molar-refractivity contribution in [3.05, 3.63) is 175 Å². The smallest absolute Gasteiger partial charge is 0.309 e. The van der Waals surface area contributed by atoms with Gasteiger partial charge in [-0.15, -0.1) is 0 Å². The number of alkyl halides is 3. The molecule has 0 saturated heterocycles.